The summed E-state index contributed by atoms with van der Waals surface area (Å²) in [7, 11) is 1.52. The Morgan fingerprint density at radius 2 is 2.26 bits per heavy atom. The highest BCUT2D eigenvalue weighted by molar-refractivity contribution is 5.97. The Labute approximate surface area is 113 Å². The SMILES string of the molecule is COc1cc(N)ccc1C(=O)N(CCO)C1CCC1. The predicted molar refractivity (Wildman–Crippen MR) is 73.2 cm³/mol. The minimum absolute atomic E-state index is 0.0282. The minimum atomic E-state index is -0.101. The van der Waals surface area contributed by atoms with Crippen LogP contribution in [0.3, 0.4) is 0 Å². The molecule has 3 N–H and O–H groups in total. The Hall–Kier alpha value is -1.75. The molecule has 1 fully saturated rings. The van der Waals surface area contributed by atoms with E-state index in [2.05, 4.69) is 0 Å². The summed E-state index contributed by atoms with van der Waals surface area (Å²) < 4.78 is 5.22. The van der Waals surface area contributed by atoms with Crippen LogP contribution in [-0.4, -0.2) is 42.2 Å². The largest absolute Gasteiger partial charge is 0.496 e. The van der Waals surface area contributed by atoms with Crippen molar-refractivity contribution in [3.05, 3.63) is 23.8 Å². The molecule has 0 saturated heterocycles. The highest BCUT2D eigenvalue weighted by Crippen LogP contribution is 2.29. The number of nitrogens with two attached hydrogens (primary N) is 1. The van der Waals surface area contributed by atoms with Crippen molar-refractivity contribution in [1.82, 2.24) is 4.90 Å². The van der Waals surface area contributed by atoms with Gasteiger partial charge in [0.25, 0.3) is 5.91 Å². The third-order valence-electron chi connectivity index (χ3n) is 3.57. The van der Waals surface area contributed by atoms with Crippen LogP contribution in [0.2, 0.25) is 0 Å². The first-order chi connectivity index (χ1) is 9.17. The van der Waals surface area contributed by atoms with Crippen molar-refractivity contribution in [3.63, 3.8) is 0 Å². The first kappa shape index (κ1) is 13.7. The van der Waals surface area contributed by atoms with E-state index in [1.807, 2.05) is 0 Å². The minimum Gasteiger partial charge on any atom is -0.496 e. The van der Waals surface area contributed by atoms with Crippen LogP contribution < -0.4 is 10.5 Å². The maximum atomic E-state index is 12.6. The van der Waals surface area contributed by atoms with Crippen molar-refractivity contribution in [2.75, 3.05) is 26.0 Å². The molecule has 1 aromatic carbocycles. The second-order valence-electron chi connectivity index (χ2n) is 4.77. The molecule has 5 heteroatoms. The molecule has 0 heterocycles. The number of rotatable bonds is 5. The van der Waals surface area contributed by atoms with E-state index in [-0.39, 0.29) is 18.6 Å². The topological polar surface area (TPSA) is 75.8 Å². The Bertz CT molecular complexity index is 458. The number of amides is 1. The second-order valence-corrected chi connectivity index (χ2v) is 4.77. The van der Waals surface area contributed by atoms with Crippen molar-refractivity contribution in [3.8, 4) is 5.75 Å². The van der Waals surface area contributed by atoms with Gasteiger partial charge in [-0.3, -0.25) is 4.79 Å². The number of nitrogens with zero attached hydrogens (tertiary/aromatic N) is 1. The Morgan fingerprint density at radius 1 is 1.53 bits per heavy atom. The van der Waals surface area contributed by atoms with Crippen LogP contribution in [0.15, 0.2) is 18.2 Å². The Morgan fingerprint density at radius 3 is 2.79 bits per heavy atom. The van der Waals surface area contributed by atoms with Gasteiger partial charge in [0.05, 0.1) is 19.3 Å². The number of methoxy groups -OCH3 is 1. The van der Waals surface area contributed by atoms with Gasteiger partial charge in [0.15, 0.2) is 0 Å². The van der Waals surface area contributed by atoms with Gasteiger partial charge >= 0.3 is 0 Å². The number of hydrogen-bond acceptors (Lipinski definition) is 4. The maximum Gasteiger partial charge on any atom is 0.257 e. The third-order valence-corrected chi connectivity index (χ3v) is 3.57. The van der Waals surface area contributed by atoms with E-state index in [9.17, 15) is 4.79 Å². The van der Waals surface area contributed by atoms with Gasteiger partial charge in [0.1, 0.15) is 5.75 Å². The number of aliphatic hydroxyl groups excluding tert-OH is 1. The Balaban J connectivity index is 2.25. The van der Waals surface area contributed by atoms with E-state index < -0.39 is 0 Å². The third kappa shape index (κ3) is 2.81. The van der Waals surface area contributed by atoms with Gasteiger partial charge in [0, 0.05) is 24.3 Å². The van der Waals surface area contributed by atoms with Gasteiger partial charge in [-0.05, 0) is 31.4 Å². The lowest BCUT2D eigenvalue weighted by molar-refractivity contribution is 0.0522. The van der Waals surface area contributed by atoms with Crippen LogP contribution in [0, 0.1) is 0 Å². The molecule has 0 spiro atoms. The number of anilines is 1. The van der Waals surface area contributed by atoms with Crippen LogP contribution >= 0.6 is 0 Å². The van der Waals surface area contributed by atoms with E-state index in [4.69, 9.17) is 15.6 Å². The molecule has 104 valence electrons. The lowest BCUT2D eigenvalue weighted by Gasteiger charge is -2.37. The normalized spacial score (nSPS) is 14.8. The smallest absolute Gasteiger partial charge is 0.257 e. The molecular formula is C14H20N2O3. The number of aliphatic hydroxyl groups is 1. The van der Waals surface area contributed by atoms with Gasteiger partial charge in [-0.25, -0.2) is 0 Å². The number of nitrogen functional groups attached to an aromatic ring is 1. The van der Waals surface area contributed by atoms with Crippen LogP contribution in [0.1, 0.15) is 29.6 Å². The molecule has 0 aromatic heterocycles. The fourth-order valence-corrected chi connectivity index (χ4v) is 2.30. The quantitative estimate of drug-likeness (QED) is 0.785. The number of benzene rings is 1. The molecule has 19 heavy (non-hydrogen) atoms. The predicted octanol–water partition coefficient (Wildman–Crippen LogP) is 1.26. The van der Waals surface area contributed by atoms with E-state index >= 15 is 0 Å². The average molecular weight is 264 g/mol. The number of ether oxygens (including phenoxy) is 1. The molecule has 1 aliphatic carbocycles. The molecule has 0 atom stereocenters. The van der Waals surface area contributed by atoms with Crippen LogP contribution in [0.5, 0.6) is 5.75 Å². The lowest BCUT2D eigenvalue weighted by Crippen LogP contribution is -2.45. The van der Waals surface area contributed by atoms with E-state index in [0.717, 1.165) is 19.3 Å². The summed E-state index contributed by atoms with van der Waals surface area (Å²) in [6.45, 7) is 0.330. The zero-order chi connectivity index (χ0) is 13.8. The van der Waals surface area contributed by atoms with Gasteiger partial charge in [-0.2, -0.15) is 0 Å². The zero-order valence-electron chi connectivity index (χ0n) is 11.1. The van der Waals surface area contributed by atoms with Crippen LogP contribution in [0.4, 0.5) is 5.69 Å². The van der Waals surface area contributed by atoms with Crippen molar-refractivity contribution in [1.29, 1.82) is 0 Å². The highest BCUT2D eigenvalue weighted by Gasteiger charge is 2.30. The van der Waals surface area contributed by atoms with Crippen molar-refractivity contribution in [2.45, 2.75) is 25.3 Å². The van der Waals surface area contributed by atoms with Crippen LogP contribution in [0.25, 0.3) is 0 Å². The molecule has 1 saturated carbocycles. The van der Waals surface area contributed by atoms with Crippen molar-refractivity contribution in [2.24, 2.45) is 0 Å². The summed E-state index contributed by atoms with van der Waals surface area (Å²) >= 11 is 0. The number of carbonyl (C=O) groups is 1. The molecule has 0 bridgehead atoms. The summed E-state index contributed by atoms with van der Waals surface area (Å²) in [6, 6.07) is 5.25. The summed E-state index contributed by atoms with van der Waals surface area (Å²) in [6.07, 6.45) is 3.14. The van der Waals surface area contributed by atoms with Gasteiger partial charge in [0.2, 0.25) is 0 Å². The van der Waals surface area contributed by atoms with Crippen molar-refractivity contribution >= 4 is 11.6 Å². The summed E-state index contributed by atoms with van der Waals surface area (Å²) in [5.41, 5.74) is 6.75. The highest BCUT2D eigenvalue weighted by atomic mass is 16.5. The molecule has 0 aliphatic heterocycles. The second kappa shape index (κ2) is 5.93. The molecule has 2 rings (SSSR count). The molecule has 0 radical (unpaired) electrons. The zero-order valence-corrected chi connectivity index (χ0v) is 11.1. The number of carbonyl (C=O) groups excluding carboxylic acids is 1. The standard InChI is InChI=1S/C14H20N2O3/c1-19-13-9-10(15)5-6-12(13)14(18)16(7-8-17)11-3-2-4-11/h5-6,9,11,17H,2-4,7-8,15H2,1H3. The summed E-state index contributed by atoms with van der Waals surface area (Å²) in [5, 5.41) is 9.13. The summed E-state index contributed by atoms with van der Waals surface area (Å²) in [4.78, 5) is 14.3. The fraction of sp³-hybridized carbons (Fsp3) is 0.500. The molecule has 1 amide bonds. The first-order valence-corrected chi connectivity index (χ1v) is 6.52. The van der Waals surface area contributed by atoms with E-state index in [0.29, 0.717) is 23.5 Å². The first-order valence-electron chi connectivity index (χ1n) is 6.52. The van der Waals surface area contributed by atoms with E-state index in [1.54, 1.807) is 23.1 Å². The lowest BCUT2D eigenvalue weighted by atomic mass is 9.91. The van der Waals surface area contributed by atoms with E-state index in [1.165, 1.54) is 7.11 Å². The fourth-order valence-electron chi connectivity index (χ4n) is 2.30. The molecule has 0 unspecified atom stereocenters. The summed E-state index contributed by atoms with van der Waals surface area (Å²) in [5.74, 6) is 0.378. The maximum absolute atomic E-state index is 12.6. The number of hydrogen-bond donors (Lipinski definition) is 2. The molecular weight excluding hydrogens is 244 g/mol. The van der Waals surface area contributed by atoms with Crippen molar-refractivity contribution < 1.29 is 14.6 Å². The Kier molecular flexibility index (Phi) is 4.27. The molecule has 5 nitrogen and oxygen atoms in total. The monoisotopic (exact) mass is 264 g/mol. The average Bonchev–Trinajstić information content (AvgIpc) is 2.35. The molecule has 1 aliphatic rings. The van der Waals surface area contributed by atoms with Gasteiger partial charge < -0.3 is 20.5 Å². The molecule has 1 aromatic rings. The van der Waals surface area contributed by atoms with Crippen LogP contribution in [-0.2, 0) is 0 Å². The van der Waals surface area contributed by atoms with Gasteiger partial charge in [-0.15, -0.1) is 0 Å². The van der Waals surface area contributed by atoms with Gasteiger partial charge in [-0.1, -0.05) is 0 Å².